The predicted octanol–water partition coefficient (Wildman–Crippen LogP) is 3.60. The summed E-state index contributed by atoms with van der Waals surface area (Å²) in [6, 6.07) is 15.9. The van der Waals surface area contributed by atoms with Gasteiger partial charge in [0, 0.05) is 88.5 Å². The van der Waals surface area contributed by atoms with Crippen molar-refractivity contribution in [1.82, 2.24) is 24.7 Å². The Bertz CT molecular complexity index is 1410. The van der Waals surface area contributed by atoms with Crippen molar-refractivity contribution in [3.8, 4) is 0 Å². The number of fused-ring (bicyclic) bond motifs is 5. The maximum Gasteiger partial charge on any atom is 0.0988 e. The summed E-state index contributed by atoms with van der Waals surface area (Å²) in [5, 5.41) is 6.07. The summed E-state index contributed by atoms with van der Waals surface area (Å²) >= 11 is 0. The quantitative estimate of drug-likeness (QED) is 0.455. The molecule has 1 N–H and O–H groups in total. The fourth-order valence-electron chi connectivity index (χ4n) is 6.68. The van der Waals surface area contributed by atoms with Crippen LogP contribution in [0.25, 0.3) is 32.8 Å². The van der Waals surface area contributed by atoms with Crippen molar-refractivity contribution >= 4 is 44.2 Å². The van der Waals surface area contributed by atoms with Gasteiger partial charge in [-0.25, -0.2) is 4.98 Å². The van der Waals surface area contributed by atoms with Crippen LogP contribution >= 0.6 is 0 Å². The molecule has 194 valence electrons. The molecular formula is C30H39N7. The van der Waals surface area contributed by atoms with E-state index in [1.807, 2.05) is 0 Å². The molecular weight excluding hydrogens is 458 g/mol. The van der Waals surface area contributed by atoms with E-state index in [1.54, 1.807) is 0 Å². The smallest absolute Gasteiger partial charge is 0.0988 e. The highest BCUT2D eigenvalue weighted by atomic mass is 15.2. The Morgan fingerprint density at radius 3 is 2.54 bits per heavy atom. The minimum absolute atomic E-state index is 1.05. The number of aryl methyl sites for hydroxylation is 1. The van der Waals surface area contributed by atoms with Gasteiger partial charge in [0.1, 0.15) is 0 Å². The van der Waals surface area contributed by atoms with E-state index in [4.69, 9.17) is 4.98 Å². The van der Waals surface area contributed by atoms with Gasteiger partial charge in [-0.1, -0.05) is 18.2 Å². The first-order chi connectivity index (χ1) is 18.3. The summed E-state index contributed by atoms with van der Waals surface area (Å²) in [6.07, 6.45) is 2.37. The molecule has 4 aromatic rings. The van der Waals surface area contributed by atoms with Crippen molar-refractivity contribution in [3.63, 3.8) is 0 Å². The summed E-state index contributed by atoms with van der Waals surface area (Å²) in [6.45, 7) is 13.4. The van der Waals surface area contributed by atoms with Crippen molar-refractivity contribution in [3.05, 3.63) is 42.5 Å². The Labute approximate surface area is 219 Å². The second kappa shape index (κ2) is 9.78. The second-order valence-corrected chi connectivity index (χ2v) is 11.1. The Morgan fingerprint density at radius 2 is 1.68 bits per heavy atom. The molecule has 0 radical (unpaired) electrons. The largest absolute Gasteiger partial charge is 0.369 e. The van der Waals surface area contributed by atoms with Gasteiger partial charge >= 0.3 is 0 Å². The summed E-state index contributed by atoms with van der Waals surface area (Å²) < 4.78 is 2.55. The summed E-state index contributed by atoms with van der Waals surface area (Å²) in [7, 11) is 2.24. The molecule has 5 heterocycles. The average molecular weight is 498 g/mol. The van der Waals surface area contributed by atoms with Gasteiger partial charge in [-0.05, 0) is 50.7 Å². The number of anilines is 2. The molecule has 37 heavy (non-hydrogen) atoms. The van der Waals surface area contributed by atoms with E-state index in [0.717, 1.165) is 57.8 Å². The van der Waals surface area contributed by atoms with Gasteiger partial charge in [0.15, 0.2) is 0 Å². The van der Waals surface area contributed by atoms with Crippen LogP contribution in [0.15, 0.2) is 42.5 Å². The minimum atomic E-state index is 1.05. The molecule has 3 aliphatic rings. The van der Waals surface area contributed by atoms with Crippen LogP contribution < -0.4 is 15.1 Å². The van der Waals surface area contributed by atoms with Gasteiger partial charge in [-0.3, -0.25) is 0 Å². The standard InChI is InChI=1S/C30H39N7/c1-33-18-20-34(21-19-33)12-4-13-36-14-5-15-37-27-7-3-2-6-25(27)28-30(37)29(36)24-9-8-23(22-26(24)32-28)35-16-10-31-11-17-35/h2-3,6-9,22,31H,4-5,10-21H2,1H3. The highest BCUT2D eigenvalue weighted by molar-refractivity contribution is 6.17. The SMILES string of the molecule is CN1CCN(CCCN2CCCn3c4ccccc4c4nc5cc(N6CCNCC6)ccc5c2c43)CC1. The molecule has 0 bridgehead atoms. The highest BCUT2D eigenvalue weighted by Crippen LogP contribution is 2.41. The molecule has 7 heteroatoms. The Morgan fingerprint density at radius 1 is 0.838 bits per heavy atom. The van der Waals surface area contributed by atoms with Crippen molar-refractivity contribution in [2.45, 2.75) is 19.4 Å². The molecule has 2 aromatic carbocycles. The number of benzene rings is 2. The Balaban J connectivity index is 1.31. The van der Waals surface area contributed by atoms with Crippen LogP contribution in [0.2, 0.25) is 0 Å². The third-order valence-electron chi connectivity index (χ3n) is 8.74. The first-order valence-corrected chi connectivity index (χ1v) is 14.2. The number of pyridine rings is 1. The number of para-hydroxylation sites is 1. The molecule has 2 aromatic heterocycles. The number of likely N-dealkylation sites (N-methyl/N-ethyl adjacent to an activating group) is 1. The fraction of sp³-hybridized carbons (Fsp3) is 0.500. The lowest BCUT2D eigenvalue weighted by atomic mass is 10.1. The van der Waals surface area contributed by atoms with Gasteiger partial charge in [0.25, 0.3) is 0 Å². The molecule has 0 amide bonds. The predicted molar refractivity (Wildman–Crippen MR) is 155 cm³/mol. The topological polar surface area (TPSA) is 42.8 Å². The Kier molecular flexibility index (Phi) is 6.15. The third-order valence-corrected chi connectivity index (χ3v) is 8.74. The molecule has 0 unspecified atom stereocenters. The lowest BCUT2D eigenvalue weighted by Crippen LogP contribution is -2.45. The molecule has 0 atom stereocenters. The van der Waals surface area contributed by atoms with E-state index in [0.29, 0.717) is 0 Å². The van der Waals surface area contributed by atoms with Crippen molar-refractivity contribution in [2.24, 2.45) is 0 Å². The van der Waals surface area contributed by atoms with Crippen molar-refractivity contribution in [1.29, 1.82) is 0 Å². The maximum absolute atomic E-state index is 5.36. The van der Waals surface area contributed by atoms with Crippen molar-refractivity contribution in [2.75, 3.05) is 88.8 Å². The third kappa shape index (κ3) is 4.23. The normalized spacial score (nSPS) is 19.8. The average Bonchev–Trinajstić information content (AvgIpc) is 3.12. The van der Waals surface area contributed by atoms with E-state index in [1.165, 1.54) is 77.8 Å². The van der Waals surface area contributed by atoms with E-state index in [2.05, 4.69) is 79.0 Å². The molecule has 2 saturated heterocycles. The van der Waals surface area contributed by atoms with Gasteiger partial charge in [0.05, 0.1) is 27.8 Å². The summed E-state index contributed by atoms with van der Waals surface area (Å²) in [4.78, 5) is 15.6. The van der Waals surface area contributed by atoms with Crippen LogP contribution in [0.3, 0.4) is 0 Å². The number of rotatable bonds is 5. The molecule has 0 aliphatic carbocycles. The van der Waals surface area contributed by atoms with E-state index >= 15 is 0 Å². The zero-order valence-electron chi connectivity index (χ0n) is 22.1. The van der Waals surface area contributed by atoms with Crippen LogP contribution in [0.5, 0.6) is 0 Å². The first kappa shape index (κ1) is 23.3. The van der Waals surface area contributed by atoms with Crippen LogP contribution in [0.1, 0.15) is 12.8 Å². The van der Waals surface area contributed by atoms with E-state index in [-0.39, 0.29) is 0 Å². The number of nitrogens with zero attached hydrogens (tertiary/aromatic N) is 6. The number of piperazine rings is 2. The first-order valence-electron chi connectivity index (χ1n) is 14.2. The lowest BCUT2D eigenvalue weighted by molar-refractivity contribution is 0.153. The van der Waals surface area contributed by atoms with Crippen molar-refractivity contribution < 1.29 is 0 Å². The maximum atomic E-state index is 5.36. The van der Waals surface area contributed by atoms with Gasteiger partial charge in [-0.2, -0.15) is 0 Å². The van der Waals surface area contributed by atoms with E-state index in [9.17, 15) is 0 Å². The molecule has 7 rings (SSSR count). The fourth-order valence-corrected chi connectivity index (χ4v) is 6.68. The zero-order valence-corrected chi connectivity index (χ0v) is 22.1. The second-order valence-electron chi connectivity index (χ2n) is 11.1. The number of hydrogen-bond acceptors (Lipinski definition) is 6. The van der Waals surface area contributed by atoms with Crippen LogP contribution in [-0.2, 0) is 6.54 Å². The molecule has 0 spiro atoms. The minimum Gasteiger partial charge on any atom is -0.369 e. The molecule has 3 aliphatic heterocycles. The highest BCUT2D eigenvalue weighted by Gasteiger charge is 2.25. The van der Waals surface area contributed by atoms with Crippen LogP contribution in [0.4, 0.5) is 11.4 Å². The van der Waals surface area contributed by atoms with Crippen LogP contribution in [0, 0.1) is 0 Å². The zero-order chi connectivity index (χ0) is 24.8. The molecule has 0 saturated carbocycles. The van der Waals surface area contributed by atoms with Gasteiger partial charge in [0.2, 0.25) is 0 Å². The molecule has 7 nitrogen and oxygen atoms in total. The lowest BCUT2D eigenvalue weighted by Gasteiger charge is -2.33. The van der Waals surface area contributed by atoms with Gasteiger partial charge < -0.3 is 29.5 Å². The van der Waals surface area contributed by atoms with Gasteiger partial charge in [-0.15, -0.1) is 0 Å². The Hall–Kier alpha value is -2.87. The summed E-state index contributed by atoms with van der Waals surface area (Å²) in [5.74, 6) is 0. The number of hydrogen-bond donors (Lipinski definition) is 1. The molecule has 2 fully saturated rings. The van der Waals surface area contributed by atoms with E-state index < -0.39 is 0 Å². The number of nitrogens with one attached hydrogen (secondary N) is 1. The van der Waals surface area contributed by atoms with Crippen LogP contribution in [-0.4, -0.2) is 98.4 Å². The monoisotopic (exact) mass is 497 g/mol. The summed E-state index contributed by atoms with van der Waals surface area (Å²) in [5.41, 5.74) is 7.66. The number of aromatic nitrogens is 2.